The molecule has 1 atom stereocenters. The van der Waals surface area contributed by atoms with E-state index in [1.807, 2.05) is 32.3 Å². The summed E-state index contributed by atoms with van der Waals surface area (Å²) in [6.45, 7) is 1.67. The molecule has 4 nitrogen and oxygen atoms in total. The third kappa shape index (κ3) is 4.62. The van der Waals surface area contributed by atoms with Crippen molar-refractivity contribution in [1.82, 2.24) is 15.1 Å². The van der Waals surface area contributed by atoms with Crippen LogP contribution >= 0.6 is 11.6 Å². The standard InChI is InChI=1S/C17H27ClN4/c1-19-17(20-11-16(21(2)3)13-9-10-13)22(4)12-14-7-5-6-8-15(14)18/h5-8,13,16H,9-12H2,1-4H3,(H,19,20). The van der Waals surface area contributed by atoms with Crippen molar-refractivity contribution in [1.29, 1.82) is 0 Å². The first-order valence-corrected chi connectivity index (χ1v) is 8.22. The van der Waals surface area contributed by atoms with E-state index >= 15 is 0 Å². The summed E-state index contributed by atoms with van der Waals surface area (Å²) in [5.41, 5.74) is 1.11. The minimum Gasteiger partial charge on any atom is -0.355 e. The van der Waals surface area contributed by atoms with Crippen molar-refractivity contribution >= 4 is 17.6 Å². The molecule has 1 N–H and O–H groups in total. The number of aliphatic imine (C=N–C) groups is 1. The molecule has 1 aliphatic carbocycles. The van der Waals surface area contributed by atoms with Gasteiger partial charge < -0.3 is 15.1 Å². The van der Waals surface area contributed by atoms with Gasteiger partial charge in [0.05, 0.1) is 0 Å². The first-order chi connectivity index (χ1) is 10.5. The SMILES string of the molecule is CN=C(NCC(C1CC1)N(C)C)N(C)Cc1ccccc1Cl. The number of benzene rings is 1. The summed E-state index contributed by atoms with van der Waals surface area (Å²) in [7, 11) is 8.18. The normalized spacial score (nSPS) is 16.7. The second kappa shape index (κ2) is 7.84. The van der Waals surface area contributed by atoms with E-state index in [1.165, 1.54) is 12.8 Å². The molecule has 0 amide bonds. The first kappa shape index (κ1) is 17.1. The molecule has 1 unspecified atom stereocenters. The maximum absolute atomic E-state index is 6.24. The minimum absolute atomic E-state index is 0.575. The molecule has 1 aliphatic rings. The Kier molecular flexibility index (Phi) is 6.09. The molecule has 22 heavy (non-hydrogen) atoms. The summed E-state index contributed by atoms with van der Waals surface area (Å²) in [5.74, 6) is 1.74. The molecule has 0 spiro atoms. The van der Waals surface area contributed by atoms with E-state index < -0.39 is 0 Å². The van der Waals surface area contributed by atoms with E-state index in [1.54, 1.807) is 0 Å². The van der Waals surface area contributed by atoms with Crippen molar-refractivity contribution in [2.45, 2.75) is 25.4 Å². The molecule has 5 heteroatoms. The monoisotopic (exact) mass is 322 g/mol. The summed E-state index contributed by atoms with van der Waals surface area (Å²) in [6.07, 6.45) is 2.69. The molecule has 122 valence electrons. The van der Waals surface area contributed by atoms with Gasteiger partial charge in [-0.05, 0) is 44.5 Å². The average Bonchev–Trinajstić information content (AvgIpc) is 3.30. The molecule has 0 bridgehead atoms. The molecule has 1 aromatic rings. The smallest absolute Gasteiger partial charge is 0.193 e. The highest BCUT2D eigenvalue weighted by Gasteiger charge is 2.32. The second-order valence-corrected chi connectivity index (χ2v) is 6.65. The van der Waals surface area contributed by atoms with Crippen LogP contribution in [-0.2, 0) is 6.54 Å². The Morgan fingerprint density at radius 2 is 2.00 bits per heavy atom. The molecule has 0 radical (unpaired) electrons. The van der Waals surface area contributed by atoms with Gasteiger partial charge in [0.2, 0.25) is 0 Å². The van der Waals surface area contributed by atoms with Gasteiger partial charge in [-0.3, -0.25) is 4.99 Å². The van der Waals surface area contributed by atoms with Crippen molar-refractivity contribution in [2.24, 2.45) is 10.9 Å². The Morgan fingerprint density at radius 3 is 2.55 bits per heavy atom. The fraction of sp³-hybridized carbons (Fsp3) is 0.588. The highest BCUT2D eigenvalue weighted by Crippen LogP contribution is 2.34. The molecule has 0 saturated heterocycles. The van der Waals surface area contributed by atoms with E-state index in [4.69, 9.17) is 11.6 Å². The summed E-state index contributed by atoms with van der Waals surface area (Å²) >= 11 is 6.24. The third-order valence-corrected chi connectivity index (χ3v) is 4.61. The predicted octanol–water partition coefficient (Wildman–Crippen LogP) is 2.69. The number of nitrogens with zero attached hydrogens (tertiary/aromatic N) is 3. The Hall–Kier alpha value is -1.26. The van der Waals surface area contributed by atoms with Crippen LogP contribution in [0.4, 0.5) is 0 Å². The van der Waals surface area contributed by atoms with Crippen molar-refractivity contribution in [3.8, 4) is 0 Å². The lowest BCUT2D eigenvalue weighted by molar-refractivity contribution is 0.262. The van der Waals surface area contributed by atoms with Crippen LogP contribution in [0, 0.1) is 5.92 Å². The van der Waals surface area contributed by atoms with Crippen LogP contribution in [0.15, 0.2) is 29.3 Å². The van der Waals surface area contributed by atoms with Crippen LogP contribution in [0.25, 0.3) is 0 Å². The molecule has 2 rings (SSSR count). The highest BCUT2D eigenvalue weighted by atomic mass is 35.5. The molecule has 1 saturated carbocycles. The Balaban J connectivity index is 1.92. The number of halogens is 1. The number of nitrogens with one attached hydrogen (secondary N) is 1. The van der Waals surface area contributed by atoms with E-state index in [2.05, 4.69) is 40.3 Å². The van der Waals surface area contributed by atoms with Crippen LogP contribution in [0.1, 0.15) is 18.4 Å². The molecule has 0 aromatic heterocycles. The van der Waals surface area contributed by atoms with Crippen molar-refractivity contribution in [3.05, 3.63) is 34.9 Å². The van der Waals surface area contributed by atoms with Crippen LogP contribution in [-0.4, -0.2) is 56.5 Å². The lowest BCUT2D eigenvalue weighted by Gasteiger charge is -2.28. The van der Waals surface area contributed by atoms with Gasteiger partial charge in [0.25, 0.3) is 0 Å². The molecular formula is C17H27ClN4. The summed E-state index contributed by atoms with van der Waals surface area (Å²) in [4.78, 5) is 8.82. The van der Waals surface area contributed by atoms with Crippen molar-refractivity contribution in [3.63, 3.8) is 0 Å². The maximum Gasteiger partial charge on any atom is 0.193 e. The fourth-order valence-corrected chi connectivity index (χ4v) is 2.98. The highest BCUT2D eigenvalue weighted by molar-refractivity contribution is 6.31. The fourth-order valence-electron chi connectivity index (χ4n) is 2.79. The van der Waals surface area contributed by atoms with Crippen molar-refractivity contribution in [2.75, 3.05) is 34.7 Å². The zero-order chi connectivity index (χ0) is 16.1. The number of likely N-dealkylation sites (N-methyl/N-ethyl adjacent to an activating group) is 1. The van der Waals surface area contributed by atoms with Gasteiger partial charge in [-0.15, -0.1) is 0 Å². The van der Waals surface area contributed by atoms with Crippen molar-refractivity contribution < 1.29 is 0 Å². The third-order valence-electron chi connectivity index (χ3n) is 4.24. The van der Waals surface area contributed by atoms with Gasteiger partial charge in [-0.2, -0.15) is 0 Å². The summed E-state index contributed by atoms with van der Waals surface area (Å²) in [6, 6.07) is 8.52. The van der Waals surface area contributed by atoms with Crippen LogP contribution < -0.4 is 5.32 Å². The van der Waals surface area contributed by atoms with E-state index in [9.17, 15) is 0 Å². The quantitative estimate of drug-likeness (QED) is 0.645. The Bertz CT molecular complexity index is 509. The van der Waals surface area contributed by atoms with Gasteiger partial charge >= 0.3 is 0 Å². The van der Waals surface area contributed by atoms with E-state index in [0.717, 1.165) is 35.6 Å². The second-order valence-electron chi connectivity index (χ2n) is 6.24. The van der Waals surface area contributed by atoms with Gasteiger partial charge in [0.1, 0.15) is 0 Å². The van der Waals surface area contributed by atoms with Crippen LogP contribution in [0.2, 0.25) is 5.02 Å². The lowest BCUT2D eigenvalue weighted by atomic mass is 10.1. The number of hydrogen-bond acceptors (Lipinski definition) is 2. The molecule has 1 fully saturated rings. The van der Waals surface area contributed by atoms with Crippen LogP contribution in [0.3, 0.4) is 0 Å². The topological polar surface area (TPSA) is 30.9 Å². The Morgan fingerprint density at radius 1 is 1.32 bits per heavy atom. The molecule has 0 aliphatic heterocycles. The number of rotatable bonds is 6. The van der Waals surface area contributed by atoms with E-state index in [-0.39, 0.29) is 0 Å². The summed E-state index contributed by atoms with van der Waals surface area (Å²) in [5, 5.41) is 4.30. The maximum atomic E-state index is 6.24. The first-order valence-electron chi connectivity index (χ1n) is 7.84. The van der Waals surface area contributed by atoms with Gasteiger partial charge in [0.15, 0.2) is 5.96 Å². The zero-order valence-electron chi connectivity index (χ0n) is 14.0. The average molecular weight is 323 g/mol. The van der Waals surface area contributed by atoms with Crippen LogP contribution in [0.5, 0.6) is 0 Å². The van der Waals surface area contributed by atoms with Gasteiger partial charge in [-0.25, -0.2) is 0 Å². The number of hydrogen-bond donors (Lipinski definition) is 1. The predicted molar refractivity (Wildman–Crippen MR) is 94.5 cm³/mol. The summed E-state index contributed by atoms with van der Waals surface area (Å²) < 4.78 is 0. The van der Waals surface area contributed by atoms with Gasteiger partial charge in [-0.1, -0.05) is 29.8 Å². The van der Waals surface area contributed by atoms with E-state index in [0.29, 0.717) is 6.04 Å². The lowest BCUT2D eigenvalue weighted by Crippen LogP contribution is -2.46. The molecular weight excluding hydrogens is 296 g/mol. The number of guanidine groups is 1. The Labute approximate surface area is 139 Å². The zero-order valence-corrected chi connectivity index (χ0v) is 14.8. The molecule has 0 heterocycles. The largest absolute Gasteiger partial charge is 0.355 e. The van der Waals surface area contributed by atoms with Gasteiger partial charge in [0, 0.05) is 38.2 Å². The minimum atomic E-state index is 0.575. The molecule has 1 aromatic carbocycles.